The van der Waals surface area contributed by atoms with Crippen LogP contribution in [0.1, 0.15) is 38.7 Å². The van der Waals surface area contributed by atoms with Crippen LogP contribution in [0.2, 0.25) is 0 Å². The lowest BCUT2D eigenvalue weighted by molar-refractivity contribution is -0.286. The van der Waals surface area contributed by atoms with Crippen molar-refractivity contribution in [2.45, 2.75) is 50.9 Å². The zero-order valence-corrected chi connectivity index (χ0v) is 13.6. The normalized spacial score (nSPS) is 21.2. The first kappa shape index (κ1) is 16.5. The number of fused-ring (bicyclic) bond motifs is 1. The summed E-state index contributed by atoms with van der Waals surface area (Å²) in [4.78, 5) is 12.7. The molecule has 0 saturated heterocycles. The number of nitrogens with two attached hydrogens (primary N) is 1. The molecule has 0 spiro atoms. The maximum atomic E-state index is 13.1. The smallest absolute Gasteiger partial charge is 0.401 e. The van der Waals surface area contributed by atoms with Gasteiger partial charge >= 0.3 is 6.29 Å². The van der Waals surface area contributed by atoms with Gasteiger partial charge in [0.1, 0.15) is 0 Å². The zero-order valence-electron chi connectivity index (χ0n) is 13.6. The molecule has 1 saturated carbocycles. The zero-order chi connectivity index (χ0) is 17.5. The third kappa shape index (κ3) is 2.79. The molecule has 7 heteroatoms. The van der Waals surface area contributed by atoms with Crippen molar-refractivity contribution in [2.75, 3.05) is 0 Å². The predicted molar refractivity (Wildman–Crippen MR) is 83.7 cm³/mol. The van der Waals surface area contributed by atoms with Gasteiger partial charge in [-0.15, -0.1) is 8.78 Å². The summed E-state index contributed by atoms with van der Waals surface area (Å²) in [6.45, 7) is 3.75. The van der Waals surface area contributed by atoms with E-state index in [-0.39, 0.29) is 23.4 Å². The first-order valence-corrected chi connectivity index (χ1v) is 7.94. The van der Waals surface area contributed by atoms with Gasteiger partial charge in [-0.2, -0.15) is 0 Å². The Morgan fingerprint density at radius 3 is 2.62 bits per heavy atom. The van der Waals surface area contributed by atoms with Crippen LogP contribution in [0.5, 0.6) is 11.5 Å². The Morgan fingerprint density at radius 2 is 2.04 bits per heavy atom. The standard InChI is InChI=1S/C17H20F2N2O3/c1-3-11(20)12(4-2)21-15(22)16(7-8-16)10-5-6-13-14(9-10)24-17(18,19)23-13/h3,5-6,9,12H,4,7-8,20H2,1-2H3,(H,21,22)/b11-3+. The van der Waals surface area contributed by atoms with Gasteiger partial charge in [0.25, 0.3) is 0 Å². The number of carbonyl (C=O) groups excluding carboxylic acids is 1. The van der Waals surface area contributed by atoms with Gasteiger partial charge in [-0.25, -0.2) is 0 Å². The Labute approximate surface area is 138 Å². The highest BCUT2D eigenvalue weighted by atomic mass is 19.3. The summed E-state index contributed by atoms with van der Waals surface area (Å²) in [5.41, 5.74) is 6.45. The van der Waals surface area contributed by atoms with Gasteiger partial charge in [0.05, 0.1) is 11.5 Å². The van der Waals surface area contributed by atoms with E-state index in [4.69, 9.17) is 5.73 Å². The molecule has 0 bridgehead atoms. The monoisotopic (exact) mass is 338 g/mol. The first-order chi connectivity index (χ1) is 11.3. The van der Waals surface area contributed by atoms with Crippen molar-refractivity contribution in [1.82, 2.24) is 5.32 Å². The Balaban J connectivity index is 1.81. The summed E-state index contributed by atoms with van der Waals surface area (Å²) in [7, 11) is 0. The Morgan fingerprint density at radius 1 is 1.38 bits per heavy atom. The fourth-order valence-corrected chi connectivity index (χ4v) is 2.94. The van der Waals surface area contributed by atoms with E-state index in [2.05, 4.69) is 14.8 Å². The number of hydrogen-bond donors (Lipinski definition) is 2. The van der Waals surface area contributed by atoms with E-state index in [0.29, 0.717) is 30.5 Å². The molecule has 1 unspecified atom stereocenters. The molecular weight excluding hydrogens is 318 g/mol. The number of halogens is 2. The van der Waals surface area contributed by atoms with Crippen molar-refractivity contribution < 1.29 is 23.0 Å². The number of hydrogen-bond acceptors (Lipinski definition) is 4. The lowest BCUT2D eigenvalue weighted by Crippen LogP contribution is -2.43. The molecule has 3 rings (SSSR count). The average molecular weight is 338 g/mol. The van der Waals surface area contributed by atoms with E-state index < -0.39 is 11.7 Å². The van der Waals surface area contributed by atoms with Gasteiger partial charge in [-0.05, 0) is 43.9 Å². The minimum atomic E-state index is -3.66. The van der Waals surface area contributed by atoms with Crippen LogP contribution in [0.25, 0.3) is 0 Å². The summed E-state index contributed by atoms with van der Waals surface area (Å²) < 4.78 is 35.2. The van der Waals surface area contributed by atoms with Crippen LogP contribution in [0.3, 0.4) is 0 Å². The van der Waals surface area contributed by atoms with E-state index in [1.54, 1.807) is 12.1 Å². The summed E-state index contributed by atoms with van der Waals surface area (Å²) >= 11 is 0. The van der Waals surface area contributed by atoms with Crippen LogP contribution in [-0.2, 0) is 10.2 Å². The molecule has 2 aliphatic rings. The van der Waals surface area contributed by atoms with Gasteiger partial charge in [0.2, 0.25) is 5.91 Å². The van der Waals surface area contributed by atoms with Crippen molar-refractivity contribution in [3.8, 4) is 11.5 Å². The molecule has 1 aromatic carbocycles. The number of nitrogens with one attached hydrogen (secondary N) is 1. The van der Waals surface area contributed by atoms with E-state index >= 15 is 0 Å². The topological polar surface area (TPSA) is 73.6 Å². The number of ether oxygens (including phenoxy) is 2. The minimum absolute atomic E-state index is 0.0236. The van der Waals surface area contributed by atoms with Gasteiger partial charge in [0.15, 0.2) is 11.5 Å². The van der Waals surface area contributed by atoms with Gasteiger partial charge in [-0.1, -0.05) is 19.1 Å². The fraction of sp³-hybridized carbons (Fsp3) is 0.471. The van der Waals surface area contributed by atoms with Crippen LogP contribution in [-0.4, -0.2) is 18.2 Å². The highest BCUT2D eigenvalue weighted by Crippen LogP contribution is 2.51. The molecule has 1 aliphatic heterocycles. The molecule has 1 aliphatic carbocycles. The van der Waals surface area contributed by atoms with Crippen molar-refractivity contribution in [3.63, 3.8) is 0 Å². The second kappa shape index (κ2) is 5.65. The third-order valence-corrected chi connectivity index (χ3v) is 4.59. The number of carbonyl (C=O) groups is 1. The van der Waals surface area contributed by atoms with E-state index in [9.17, 15) is 13.6 Å². The van der Waals surface area contributed by atoms with E-state index in [1.807, 2.05) is 13.8 Å². The van der Waals surface area contributed by atoms with Gasteiger partial charge in [0, 0.05) is 5.70 Å². The molecule has 1 heterocycles. The van der Waals surface area contributed by atoms with Crippen molar-refractivity contribution in [1.29, 1.82) is 0 Å². The third-order valence-electron chi connectivity index (χ3n) is 4.59. The molecule has 1 aromatic rings. The van der Waals surface area contributed by atoms with Crippen LogP contribution in [0.15, 0.2) is 30.0 Å². The summed E-state index contributed by atoms with van der Waals surface area (Å²) in [6.07, 6.45) is 0.0811. The number of amides is 1. The maximum absolute atomic E-state index is 13.1. The second-order valence-electron chi connectivity index (χ2n) is 6.13. The molecule has 130 valence electrons. The number of benzene rings is 1. The number of allylic oxidation sites excluding steroid dienone is 1. The summed E-state index contributed by atoms with van der Waals surface area (Å²) in [6, 6.07) is 4.27. The summed E-state index contributed by atoms with van der Waals surface area (Å²) in [5.74, 6) is -0.217. The fourth-order valence-electron chi connectivity index (χ4n) is 2.94. The number of alkyl halides is 2. The van der Waals surface area contributed by atoms with E-state index in [0.717, 1.165) is 0 Å². The Kier molecular flexibility index (Phi) is 3.89. The molecule has 1 fully saturated rings. The van der Waals surface area contributed by atoms with Crippen molar-refractivity contribution in [3.05, 3.63) is 35.5 Å². The molecule has 1 atom stereocenters. The SMILES string of the molecule is C/C=C(/N)C(CC)NC(=O)C1(c2ccc3c(c2)OC(F)(F)O3)CC1. The lowest BCUT2D eigenvalue weighted by Gasteiger charge is -2.22. The molecule has 3 N–H and O–H groups in total. The molecule has 0 radical (unpaired) electrons. The van der Waals surface area contributed by atoms with E-state index in [1.165, 1.54) is 12.1 Å². The van der Waals surface area contributed by atoms with Crippen LogP contribution < -0.4 is 20.5 Å². The van der Waals surface area contributed by atoms with Crippen molar-refractivity contribution in [2.24, 2.45) is 5.73 Å². The number of rotatable bonds is 5. The molecule has 0 aromatic heterocycles. The van der Waals surface area contributed by atoms with Crippen LogP contribution in [0.4, 0.5) is 8.78 Å². The largest absolute Gasteiger partial charge is 0.586 e. The summed E-state index contributed by atoms with van der Waals surface area (Å²) in [5, 5.41) is 2.95. The van der Waals surface area contributed by atoms with Crippen LogP contribution >= 0.6 is 0 Å². The molecule has 24 heavy (non-hydrogen) atoms. The highest BCUT2D eigenvalue weighted by Gasteiger charge is 2.53. The average Bonchev–Trinajstić information content (AvgIpc) is 3.28. The molecular formula is C17H20F2N2O3. The lowest BCUT2D eigenvalue weighted by atomic mass is 9.94. The molecule has 1 amide bonds. The van der Waals surface area contributed by atoms with Crippen molar-refractivity contribution >= 4 is 5.91 Å². The molecule has 5 nitrogen and oxygen atoms in total. The highest BCUT2D eigenvalue weighted by molar-refractivity contribution is 5.92. The second-order valence-corrected chi connectivity index (χ2v) is 6.13. The Bertz CT molecular complexity index is 699. The Hall–Kier alpha value is -2.31. The quantitative estimate of drug-likeness (QED) is 0.866. The first-order valence-electron chi connectivity index (χ1n) is 7.94. The minimum Gasteiger partial charge on any atom is -0.401 e. The predicted octanol–water partition coefficient (Wildman–Crippen LogP) is 2.80. The van der Waals surface area contributed by atoms with Crippen LogP contribution in [0, 0.1) is 0 Å². The van der Waals surface area contributed by atoms with Gasteiger partial charge in [-0.3, -0.25) is 4.79 Å². The van der Waals surface area contributed by atoms with Gasteiger partial charge < -0.3 is 20.5 Å². The maximum Gasteiger partial charge on any atom is 0.586 e.